The molecule has 0 saturated carbocycles. The highest BCUT2D eigenvalue weighted by Crippen LogP contribution is 2.23. The summed E-state index contributed by atoms with van der Waals surface area (Å²) >= 11 is 0. The first-order valence-corrected chi connectivity index (χ1v) is 9.86. The van der Waals surface area contributed by atoms with Crippen LogP contribution in [0.2, 0.25) is 0 Å². The number of aromatic nitrogens is 6. The van der Waals surface area contributed by atoms with Gasteiger partial charge in [0.05, 0.1) is 44.8 Å². The SMILES string of the molecule is Cc1nc2ccccc2n1Cc1n(C)c2cc(-c3n(C)cc[n+]3C)ccc2[n+]1C. The average Bonchev–Trinajstić information content (AvgIpc) is 3.29. The predicted molar refractivity (Wildman–Crippen MR) is 113 cm³/mol. The van der Waals surface area contributed by atoms with Crippen molar-refractivity contribution in [3.63, 3.8) is 0 Å². The maximum atomic E-state index is 4.73. The number of benzene rings is 2. The zero-order valence-corrected chi connectivity index (χ0v) is 17.6. The second-order valence-electron chi connectivity index (χ2n) is 7.82. The maximum absolute atomic E-state index is 4.73. The van der Waals surface area contributed by atoms with Crippen molar-refractivity contribution in [1.29, 1.82) is 0 Å². The fourth-order valence-corrected chi connectivity index (χ4v) is 4.46. The van der Waals surface area contributed by atoms with Crippen LogP contribution in [0.1, 0.15) is 11.6 Å². The molecule has 6 heteroatoms. The molecule has 3 aromatic heterocycles. The monoisotopic (exact) mass is 386 g/mol. The fourth-order valence-electron chi connectivity index (χ4n) is 4.46. The van der Waals surface area contributed by atoms with E-state index in [9.17, 15) is 0 Å². The number of hydrogen-bond acceptors (Lipinski definition) is 1. The Bertz CT molecular complexity index is 1360. The number of imidazole rings is 3. The Hall–Kier alpha value is -3.41. The van der Waals surface area contributed by atoms with E-state index in [2.05, 4.69) is 107 Å². The van der Waals surface area contributed by atoms with E-state index in [1.807, 2.05) is 6.07 Å². The van der Waals surface area contributed by atoms with Crippen molar-refractivity contribution in [3.8, 4) is 11.4 Å². The summed E-state index contributed by atoms with van der Waals surface area (Å²) in [6.45, 7) is 2.86. The number of hydrogen-bond donors (Lipinski definition) is 0. The molecule has 3 heterocycles. The summed E-state index contributed by atoms with van der Waals surface area (Å²) in [5.74, 6) is 3.46. The van der Waals surface area contributed by atoms with Crippen LogP contribution in [0.5, 0.6) is 0 Å². The second-order valence-corrected chi connectivity index (χ2v) is 7.82. The number of rotatable bonds is 3. The van der Waals surface area contributed by atoms with E-state index in [-0.39, 0.29) is 0 Å². The van der Waals surface area contributed by atoms with Gasteiger partial charge in [0.1, 0.15) is 24.8 Å². The van der Waals surface area contributed by atoms with Crippen molar-refractivity contribution in [3.05, 3.63) is 66.5 Å². The zero-order chi connectivity index (χ0) is 20.3. The third-order valence-electron chi connectivity index (χ3n) is 6.06. The molecule has 5 rings (SSSR count). The van der Waals surface area contributed by atoms with E-state index in [4.69, 9.17) is 4.98 Å². The highest BCUT2D eigenvalue weighted by molar-refractivity contribution is 5.79. The lowest BCUT2D eigenvalue weighted by molar-refractivity contribution is -0.659. The molecule has 29 heavy (non-hydrogen) atoms. The first-order chi connectivity index (χ1) is 14.0. The van der Waals surface area contributed by atoms with Gasteiger partial charge in [-0.3, -0.25) is 0 Å². The molecule has 0 atom stereocenters. The van der Waals surface area contributed by atoms with Crippen molar-refractivity contribution in [2.75, 3.05) is 0 Å². The lowest BCUT2D eigenvalue weighted by Gasteiger charge is -2.05. The quantitative estimate of drug-likeness (QED) is 0.439. The molecule has 2 aromatic carbocycles. The predicted octanol–water partition coefficient (Wildman–Crippen LogP) is 2.54. The van der Waals surface area contributed by atoms with Crippen molar-refractivity contribution < 1.29 is 9.13 Å². The lowest BCUT2D eigenvalue weighted by atomic mass is 10.2. The number of aryl methyl sites for hydroxylation is 5. The van der Waals surface area contributed by atoms with E-state index < -0.39 is 0 Å². The van der Waals surface area contributed by atoms with Crippen LogP contribution in [0.15, 0.2) is 54.9 Å². The summed E-state index contributed by atoms with van der Waals surface area (Å²) < 4.78 is 11.2. The topological polar surface area (TPSA) is 35.4 Å². The smallest absolute Gasteiger partial charge is 0.288 e. The molecule has 0 spiro atoms. The van der Waals surface area contributed by atoms with E-state index in [0.29, 0.717) is 0 Å². The molecule has 0 amide bonds. The van der Waals surface area contributed by atoms with Gasteiger partial charge in [0, 0.05) is 6.07 Å². The molecule has 0 aliphatic carbocycles. The van der Waals surface area contributed by atoms with Crippen LogP contribution >= 0.6 is 0 Å². The van der Waals surface area contributed by atoms with Crippen LogP contribution < -0.4 is 9.13 Å². The maximum Gasteiger partial charge on any atom is 0.288 e. The first-order valence-electron chi connectivity index (χ1n) is 9.86. The zero-order valence-electron chi connectivity index (χ0n) is 17.6. The Morgan fingerprint density at radius 2 is 1.79 bits per heavy atom. The van der Waals surface area contributed by atoms with Crippen LogP contribution in [-0.4, -0.2) is 18.7 Å². The second kappa shape index (κ2) is 6.30. The van der Waals surface area contributed by atoms with Gasteiger partial charge in [0.15, 0.2) is 11.0 Å². The molecule has 5 aromatic rings. The van der Waals surface area contributed by atoms with Gasteiger partial charge in [-0.05, 0) is 31.2 Å². The Morgan fingerprint density at radius 3 is 2.55 bits per heavy atom. The van der Waals surface area contributed by atoms with Crippen LogP contribution in [0.3, 0.4) is 0 Å². The third-order valence-corrected chi connectivity index (χ3v) is 6.06. The first kappa shape index (κ1) is 17.7. The van der Waals surface area contributed by atoms with Crippen molar-refractivity contribution in [2.24, 2.45) is 28.2 Å². The molecule has 0 fully saturated rings. The number of nitrogens with zero attached hydrogens (tertiary/aromatic N) is 6. The van der Waals surface area contributed by atoms with E-state index in [1.165, 1.54) is 33.8 Å². The number of fused-ring (bicyclic) bond motifs is 2. The molecular weight excluding hydrogens is 360 g/mol. The molecule has 6 nitrogen and oxygen atoms in total. The van der Waals surface area contributed by atoms with Gasteiger partial charge in [0.25, 0.3) is 11.6 Å². The van der Waals surface area contributed by atoms with Gasteiger partial charge >= 0.3 is 0 Å². The standard InChI is InChI=1S/C23H26N6/c1-16-24-18-8-6-7-9-19(18)29(16)15-22-27(4)20-11-10-17(14-21(20)28(22)5)23-25(2)12-13-26(23)3/h6-14H,15H2,1-5H3/q+2. The van der Waals surface area contributed by atoms with Gasteiger partial charge < -0.3 is 4.57 Å². The summed E-state index contributed by atoms with van der Waals surface area (Å²) in [6, 6.07) is 15.1. The molecular formula is C23H26N6+2. The van der Waals surface area contributed by atoms with Gasteiger partial charge in [0.2, 0.25) is 0 Å². The summed E-state index contributed by atoms with van der Waals surface area (Å²) in [5, 5.41) is 0. The van der Waals surface area contributed by atoms with Crippen LogP contribution in [-0.2, 0) is 34.7 Å². The lowest BCUT2D eigenvalue weighted by Crippen LogP contribution is -2.34. The van der Waals surface area contributed by atoms with Gasteiger partial charge in [-0.15, -0.1) is 0 Å². The number of para-hydroxylation sites is 2. The van der Waals surface area contributed by atoms with Gasteiger partial charge in [-0.1, -0.05) is 12.1 Å². The summed E-state index contributed by atoms with van der Waals surface area (Å²) in [7, 11) is 8.47. The minimum atomic E-state index is 0.779. The van der Waals surface area contributed by atoms with Gasteiger partial charge in [-0.25, -0.2) is 23.3 Å². The normalized spacial score (nSPS) is 11.8. The van der Waals surface area contributed by atoms with Crippen LogP contribution in [0.25, 0.3) is 33.5 Å². The molecule has 146 valence electrons. The summed E-state index contributed by atoms with van der Waals surface area (Å²) in [5.41, 5.74) is 5.88. The largest absolute Gasteiger partial charge is 0.316 e. The molecule has 0 N–H and O–H groups in total. The average molecular weight is 387 g/mol. The fraction of sp³-hybridized carbons (Fsp3) is 0.261. The molecule has 0 bridgehead atoms. The highest BCUT2D eigenvalue weighted by atomic mass is 15.2. The Labute approximate surface area is 169 Å². The van der Waals surface area contributed by atoms with E-state index >= 15 is 0 Å². The third kappa shape index (κ3) is 2.59. The highest BCUT2D eigenvalue weighted by Gasteiger charge is 2.24. The Kier molecular flexibility index (Phi) is 3.84. The minimum absolute atomic E-state index is 0.779. The van der Waals surface area contributed by atoms with Crippen LogP contribution in [0.4, 0.5) is 0 Å². The molecule has 0 aliphatic heterocycles. The van der Waals surface area contributed by atoms with Crippen LogP contribution in [0, 0.1) is 6.92 Å². The van der Waals surface area contributed by atoms with Crippen molar-refractivity contribution in [2.45, 2.75) is 13.5 Å². The van der Waals surface area contributed by atoms with Crippen molar-refractivity contribution >= 4 is 22.1 Å². The molecule has 0 aliphatic rings. The molecule has 0 saturated heterocycles. The minimum Gasteiger partial charge on any atom is -0.316 e. The van der Waals surface area contributed by atoms with E-state index in [1.54, 1.807) is 0 Å². The van der Waals surface area contributed by atoms with Crippen molar-refractivity contribution in [1.82, 2.24) is 18.7 Å². The van der Waals surface area contributed by atoms with Gasteiger partial charge in [-0.2, -0.15) is 0 Å². The Balaban J connectivity index is 1.66. The Morgan fingerprint density at radius 1 is 1.00 bits per heavy atom. The summed E-state index contributed by atoms with van der Waals surface area (Å²) in [4.78, 5) is 4.73. The summed E-state index contributed by atoms with van der Waals surface area (Å²) in [6.07, 6.45) is 4.17. The molecule has 0 radical (unpaired) electrons. The molecule has 0 unspecified atom stereocenters. The van der Waals surface area contributed by atoms with E-state index in [0.717, 1.165) is 17.9 Å².